The van der Waals surface area contributed by atoms with Crippen LogP contribution in [0.3, 0.4) is 0 Å². The molecule has 3 aromatic rings. The summed E-state index contributed by atoms with van der Waals surface area (Å²) >= 11 is 0. The molecule has 3 N–H and O–H groups in total. The number of nitrogens with one attached hydrogen (secondary N) is 2. The SMILES string of the molecule is CNc1cc(NCc2cn3cc(C4CC4)cc(C4(O)COC4)c3n2)ccn1. The van der Waals surface area contributed by atoms with Gasteiger partial charge in [0.05, 0.1) is 25.5 Å². The Labute approximate surface area is 157 Å². The van der Waals surface area contributed by atoms with Crippen molar-refractivity contribution in [2.45, 2.75) is 30.9 Å². The van der Waals surface area contributed by atoms with Crippen LogP contribution in [-0.2, 0) is 16.9 Å². The van der Waals surface area contributed by atoms with Crippen molar-refractivity contribution in [2.24, 2.45) is 0 Å². The third-order valence-electron chi connectivity index (χ3n) is 5.34. The number of aromatic nitrogens is 3. The smallest absolute Gasteiger partial charge is 0.143 e. The lowest BCUT2D eigenvalue weighted by molar-refractivity contribution is -0.184. The molecule has 1 saturated heterocycles. The van der Waals surface area contributed by atoms with Gasteiger partial charge < -0.3 is 24.9 Å². The minimum absolute atomic E-state index is 0.334. The van der Waals surface area contributed by atoms with Crippen LogP contribution in [0.4, 0.5) is 11.5 Å². The highest BCUT2D eigenvalue weighted by molar-refractivity contribution is 5.56. The van der Waals surface area contributed by atoms with Crippen molar-refractivity contribution in [3.05, 3.63) is 53.6 Å². The fourth-order valence-electron chi connectivity index (χ4n) is 3.56. The van der Waals surface area contributed by atoms with Crippen molar-refractivity contribution in [2.75, 3.05) is 30.9 Å². The van der Waals surface area contributed by atoms with E-state index in [2.05, 4.69) is 32.3 Å². The molecule has 7 heteroatoms. The third-order valence-corrected chi connectivity index (χ3v) is 5.34. The van der Waals surface area contributed by atoms with Crippen LogP contribution in [0.5, 0.6) is 0 Å². The number of nitrogens with zero attached hydrogens (tertiary/aromatic N) is 3. The summed E-state index contributed by atoms with van der Waals surface area (Å²) in [5, 5.41) is 17.3. The van der Waals surface area contributed by atoms with E-state index in [0.717, 1.165) is 28.4 Å². The van der Waals surface area contributed by atoms with Crippen molar-refractivity contribution in [1.82, 2.24) is 14.4 Å². The van der Waals surface area contributed by atoms with E-state index in [4.69, 9.17) is 9.72 Å². The Morgan fingerprint density at radius 2 is 2.15 bits per heavy atom. The molecule has 5 rings (SSSR count). The number of hydrogen-bond donors (Lipinski definition) is 3. The van der Waals surface area contributed by atoms with E-state index in [1.54, 1.807) is 6.20 Å². The number of anilines is 2. The molecule has 3 aromatic heterocycles. The fourth-order valence-corrected chi connectivity index (χ4v) is 3.56. The fraction of sp³-hybridized carbons (Fsp3) is 0.400. The molecule has 140 valence electrons. The molecule has 7 nitrogen and oxygen atoms in total. The summed E-state index contributed by atoms with van der Waals surface area (Å²) in [5.74, 6) is 1.43. The standard InChI is InChI=1S/C20H23N5O2/c1-21-18-7-15(4-5-22-18)23-8-16-10-25-9-14(13-2-3-13)6-17(19(25)24-16)20(26)11-27-12-20/h4-7,9-10,13,26H,2-3,8,11-12H2,1H3,(H2,21,22,23). The van der Waals surface area contributed by atoms with Crippen molar-refractivity contribution in [3.63, 3.8) is 0 Å². The number of pyridine rings is 2. The normalized spacial score (nSPS) is 18.3. The topological polar surface area (TPSA) is 83.7 Å². The number of hydrogen-bond acceptors (Lipinski definition) is 6. The molecular formula is C20H23N5O2. The number of ether oxygens (including phenoxy) is 1. The number of rotatable bonds is 6. The van der Waals surface area contributed by atoms with E-state index < -0.39 is 5.60 Å². The summed E-state index contributed by atoms with van der Waals surface area (Å²) in [4.78, 5) is 9.02. The Kier molecular flexibility index (Phi) is 3.80. The maximum absolute atomic E-state index is 10.9. The summed E-state index contributed by atoms with van der Waals surface area (Å²) in [6, 6.07) is 6.02. The van der Waals surface area contributed by atoms with E-state index >= 15 is 0 Å². The van der Waals surface area contributed by atoms with Gasteiger partial charge in [-0.15, -0.1) is 0 Å². The molecule has 1 aliphatic carbocycles. The molecule has 0 aromatic carbocycles. The first-order valence-corrected chi connectivity index (χ1v) is 9.34. The van der Waals surface area contributed by atoms with Gasteiger partial charge in [0, 0.05) is 43.0 Å². The zero-order valence-corrected chi connectivity index (χ0v) is 15.3. The first-order valence-electron chi connectivity index (χ1n) is 9.34. The van der Waals surface area contributed by atoms with Crippen LogP contribution in [0.25, 0.3) is 5.65 Å². The molecule has 0 radical (unpaired) electrons. The van der Waals surface area contributed by atoms with Gasteiger partial charge in [0.2, 0.25) is 0 Å². The maximum atomic E-state index is 10.9. The molecule has 2 fully saturated rings. The van der Waals surface area contributed by atoms with Gasteiger partial charge in [-0.05, 0) is 36.5 Å². The summed E-state index contributed by atoms with van der Waals surface area (Å²) in [6.07, 6.45) is 8.41. The zero-order chi connectivity index (χ0) is 18.4. The molecule has 0 spiro atoms. The molecule has 0 amide bonds. The van der Waals surface area contributed by atoms with Crippen molar-refractivity contribution >= 4 is 17.2 Å². The first-order chi connectivity index (χ1) is 13.1. The van der Waals surface area contributed by atoms with Crippen LogP contribution in [-0.4, -0.2) is 39.7 Å². The van der Waals surface area contributed by atoms with Crippen LogP contribution in [0.15, 0.2) is 36.8 Å². The molecule has 1 saturated carbocycles. The molecule has 27 heavy (non-hydrogen) atoms. The lowest BCUT2D eigenvalue weighted by Crippen LogP contribution is -2.46. The Hall–Kier alpha value is -2.64. The largest absolute Gasteiger partial charge is 0.380 e. The monoisotopic (exact) mass is 365 g/mol. The Balaban J connectivity index is 1.46. The Bertz CT molecular complexity index is 991. The van der Waals surface area contributed by atoms with Crippen LogP contribution in [0, 0.1) is 0 Å². The Morgan fingerprint density at radius 1 is 1.30 bits per heavy atom. The molecule has 1 aliphatic heterocycles. The van der Waals surface area contributed by atoms with Crippen LogP contribution in [0.2, 0.25) is 0 Å². The van der Waals surface area contributed by atoms with Crippen LogP contribution < -0.4 is 10.6 Å². The first kappa shape index (κ1) is 16.5. The average Bonchev–Trinajstić information content (AvgIpc) is 3.43. The molecular weight excluding hydrogens is 342 g/mol. The van der Waals surface area contributed by atoms with E-state index in [1.807, 2.05) is 25.4 Å². The van der Waals surface area contributed by atoms with Gasteiger partial charge in [0.15, 0.2) is 0 Å². The highest BCUT2D eigenvalue weighted by Crippen LogP contribution is 2.42. The lowest BCUT2D eigenvalue weighted by atomic mass is 9.91. The van der Waals surface area contributed by atoms with Gasteiger partial charge in [0.1, 0.15) is 17.1 Å². The van der Waals surface area contributed by atoms with Crippen LogP contribution >= 0.6 is 0 Å². The summed E-state index contributed by atoms with van der Waals surface area (Å²) in [5.41, 5.74) is 3.96. The summed E-state index contributed by atoms with van der Waals surface area (Å²) in [6.45, 7) is 1.27. The van der Waals surface area contributed by atoms with Crippen molar-refractivity contribution < 1.29 is 9.84 Å². The van der Waals surface area contributed by atoms with Gasteiger partial charge in [-0.3, -0.25) is 0 Å². The predicted molar refractivity (Wildman–Crippen MR) is 103 cm³/mol. The van der Waals surface area contributed by atoms with Crippen molar-refractivity contribution in [1.29, 1.82) is 0 Å². The summed E-state index contributed by atoms with van der Waals surface area (Å²) in [7, 11) is 1.85. The van der Waals surface area contributed by atoms with E-state index in [1.165, 1.54) is 18.4 Å². The van der Waals surface area contributed by atoms with E-state index in [-0.39, 0.29) is 0 Å². The second kappa shape index (κ2) is 6.21. The quantitative estimate of drug-likeness (QED) is 0.622. The minimum atomic E-state index is -0.922. The second-order valence-electron chi connectivity index (χ2n) is 7.48. The number of aliphatic hydroxyl groups is 1. The lowest BCUT2D eigenvalue weighted by Gasteiger charge is -2.37. The molecule has 0 unspecified atom stereocenters. The number of fused-ring (bicyclic) bond motifs is 1. The highest BCUT2D eigenvalue weighted by Gasteiger charge is 2.41. The van der Waals surface area contributed by atoms with E-state index in [0.29, 0.717) is 25.7 Å². The van der Waals surface area contributed by atoms with Gasteiger partial charge >= 0.3 is 0 Å². The maximum Gasteiger partial charge on any atom is 0.143 e. The third kappa shape index (κ3) is 3.02. The van der Waals surface area contributed by atoms with Gasteiger partial charge in [0.25, 0.3) is 0 Å². The average molecular weight is 365 g/mol. The summed E-state index contributed by atoms with van der Waals surface area (Å²) < 4.78 is 7.34. The van der Waals surface area contributed by atoms with Gasteiger partial charge in [-0.25, -0.2) is 9.97 Å². The van der Waals surface area contributed by atoms with E-state index in [9.17, 15) is 5.11 Å². The molecule has 4 heterocycles. The minimum Gasteiger partial charge on any atom is -0.380 e. The number of imidazole rings is 1. The predicted octanol–water partition coefficient (Wildman–Crippen LogP) is 2.48. The molecule has 0 bridgehead atoms. The van der Waals surface area contributed by atoms with Gasteiger partial charge in [-0.2, -0.15) is 0 Å². The highest BCUT2D eigenvalue weighted by atomic mass is 16.5. The zero-order valence-electron chi connectivity index (χ0n) is 15.3. The second-order valence-corrected chi connectivity index (χ2v) is 7.48. The Morgan fingerprint density at radius 3 is 2.85 bits per heavy atom. The molecule has 2 aliphatic rings. The van der Waals surface area contributed by atoms with Crippen LogP contribution in [0.1, 0.15) is 35.6 Å². The van der Waals surface area contributed by atoms with Gasteiger partial charge in [-0.1, -0.05) is 0 Å². The molecule has 0 atom stereocenters. The van der Waals surface area contributed by atoms with Crippen molar-refractivity contribution in [3.8, 4) is 0 Å².